The van der Waals surface area contributed by atoms with E-state index in [1.54, 1.807) is 6.20 Å². The first-order valence-electron chi connectivity index (χ1n) is 9.21. The van der Waals surface area contributed by atoms with E-state index in [0.717, 1.165) is 16.8 Å². The van der Waals surface area contributed by atoms with E-state index in [2.05, 4.69) is 54.1 Å². The van der Waals surface area contributed by atoms with Crippen LogP contribution in [-0.4, -0.2) is 14.1 Å². The molecule has 2 aromatic heterocycles. The fourth-order valence-corrected chi connectivity index (χ4v) is 2.86. The second kappa shape index (κ2) is 11.3. The van der Waals surface area contributed by atoms with Gasteiger partial charge in [-0.2, -0.15) is 4.57 Å². The van der Waals surface area contributed by atoms with Crippen LogP contribution in [0, 0.1) is 12.1 Å². The Morgan fingerprint density at radius 2 is 1.62 bits per heavy atom. The van der Waals surface area contributed by atoms with Gasteiger partial charge in [0.1, 0.15) is 18.1 Å². The molecule has 2 aromatic carbocycles. The van der Waals surface area contributed by atoms with Crippen molar-refractivity contribution in [2.24, 2.45) is 7.05 Å². The minimum atomic E-state index is 0. The summed E-state index contributed by atoms with van der Waals surface area (Å²) < 4.78 is 4.16. The minimum absolute atomic E-state index is 0. The SMILES string of the molecule is CC(C)=C(c1[c-]cccc1)n1ccn(C)[cH+]1.[Ir].[c-]1ccccc1-c1ccccn1. The van der Waals surface area contributed by atoms with Crippen LogP contribution in [0.1, 0.15) is 19.4 Å². The second-order valence-electron chi connectivity index (χ2n) is 6.60. The fraction of sp³-hybridized carbons (Fsp3) is 0.120. The molecule has 4 heteroatoms. The van der Waals surface area contributed by atoms with Gasteiger partial charge in [-0.05, 0) is 36.7 Å². The molecule has 0 atom stereocenters. The number of imidazole rings is 1. The number of rotatable bonds is 3. The van der Waals surface area contributed by atoms with Crippen molar-refractivity contribution in [3.8, 4) is 11.3 Å². The first-order valence-corrected chi connectivity index (χ1v) is 9.21. The zero-order chi connectivity index (χ0) is 19.8. The molecule has 0 aliphatic rings. The summed E-state index contributed by atoms with van der Waals surface area (Å²) in [5, 5.41) is 0. The topological polar surface area (TPSA) is 22.8 Å². The van der Waals surface area contributed by atoms with Crippen LogP contribution in [0.5, 0.6) is 0 Å². The Kier molecular flexibility index (Phi) is 8.72. The monoisotopic (exact) mass is 559 g/mol. The number of aryl methyl sites for hydroxylation is 1. The van der Waals surface area contributed by atoms with Crippen LogP contribution in [0.15, 0.2) is 97.2 Å². The summed E-state index contributed by atoms with van der Waals surface area (Å²) in [5.41, 5.74) is 5.61. The van der Waals surface area contributed by atoms with Crippen molar-refractivity contribution in [3.05, 3.63) is 115 Å². The Labute approximate surface area is 186 Å². The normalized spacial score (nSPS) is 9.62. The summed E-state index contributed by atoms with van der Waals surface area (Å²) in [4.78, 5) is 4.22. The fourth-order valence-electron chi connectivity index (χ4n) is 2.86. The van der Waals surface area contributed by atoms with E-state index < -0.39 is 0 Å². The van der Waals surface area contributed by atoms with Gasteiger partial charge in [0, 0.05) is 33.3 Å². The molecule has 0 amide bonds. The number of hydrogen-bond acceptors (Lipinski definition) is 1. The molecule has 1 radical (unpaired) electrons. The Bertz CT molecular complexity index is 982. The van der Waals surface area contributed by atoms with Crippen molar-refractivity contribution in [2.45, 2.75) is 13.8 Å². The number of nitrogens with zero attached hydrogens (tertiary/aromatic N) is 3. The molecule has 0 saturated heterocycles. The average molecular weight is 559 g/mol. The van der Waals surface area contributed by atoms with Gasteiger partial charge in [-0.3, -0.25) is 4.57 Å². The minimum Gasteiger partial charge on any atom is -0.305 e. The van der Waals surface area contributed by atoms with Gasteiger partial charge in [-0.25, -0.2) is 0 Å². The van der Waals surface area contributed by atoms with Crippen molar-refractivity contribution < 1.29 is 20.1 Å². The Hall–Kier alpha value is -2.81. The van der Waals surface area contributed by atoms with Gasteiger partial charge in [0.05, 0.1) is 0 Å². The maximum absolute atomic E-state index is 4.22. The van der Waals surface area contributed by atoms with E-state index in [4.69, 9.17) is 0 Å². The average Bonchev–Trinajstić information content (AvgIpc) is 3.16. The molecule has 3 nitrogen and oxygen atoms in total. The van der Waals surface area contributed by atoms with E-state index in [1.165, 1.54) is 11.3 Å². The van der Waals surface area contributed by atoms with Crippen LogP contribution >= 0.6 is 0 Å². The van der Waals surface area contributed by atoms with E-state index >= 15 is 0 Å². The van der Waals surface area contributed by atoms with Crippen LogP contribution in [0.4, 0.5) is 0 Å². The van der Waals surface area contributed by atoms with Gasteiger partial charge >= 0.3 is 0 Å². The first-order chi connectivity index (χ1) is 13.6. The molecule has 0 aliphatic heterocycles. The molecule has 149 valence electrons. The molecular formula is C25H24IrN3-. The molecule has 0 N–H and O–H groups in total. The van der Waals surface area contributed by atoms with Gasteiger partial charge < -0.3 is 4.98 Å². The van der Waals surface area contributed by atoms with Gasteiger partial charge in [-0.1, -0.05) is 12.1 Å². The van der Waals surface area contributed by atoms with Gasteiger partial charge in [0.15, 0.2) is 6.33 Å². The van der Waals surface area contributed by atoms with Crippen LogP contribution in [0.3, 0.4) is 0 Å². The predicted molar refractivity (Wildman–Crippen MR) is 115 cm³/mol. The Balaban J connectivity index is 0.000000207. The molecule has 4 rings (SSSR count). The van der Waals surface area contributed by atoms with Crippen molar-refractivity contribution >= 4 is 5.70 Å². The molecule has 0 unspecified atom stereocenters. The molecular weight excluding hydrogens is 535 g/mol. The van der Waals surface area contributed by atoms with Crippen LogP contribution < -0.4 is 0 Å². The largest absolute Gasteiger partial charge is 0.305 e. The number of aromatic nitrogens is 3. The van der Waals surface area contributed by atoms with Gasteiger partial charge in [0.2, 0.25) is 0 Å². The number of allylic oxidation sites excluding steroid dienone is 1. The van der Waals surface area contributed by atoms with Crippen LogP contribution in [0.25, 0.3) is 17.0 Å². The van der Waals surface area contributed by atoms with Crippen LogP contribution in [0.2, 0.25) is 0 Å². The second-order valence-corrected chi connectivity index (χ2v) is 6.60. The van der Waals surface area contributed by atoms with Crippen LogP contribution in [-0.2, 0) is 27.2 Å². The summed E-state index contributed by atoms with van der Waals surface area (Å²) >= 11 is 0. The van der Waals surface area contributed by atoms with Gasteiger partial charge in [-0.15, -0.1) is 66.2 Å². The first kappa shape index (κ1) is 22.5. The maximum Gasteiger partial charge on any atom is 0.166 e. The third-order valence-electron chi connectivity index (χ3n) is 4.11. The summed E-state index contributed by atoms with van der Waals surface area (Å²) in [6, 6.07) is 28.1. The van der Waals surface area contributed by atoms with E-state index in [0.29, 0.717) is 0 Å². The standard InChI is InChI=1S/C14H16N2.C11H8N.Ir/c1-12(2)14(13-7-5-4-6-8-13)16-10-9-15(3)11-16;1-2-6-10(7-3-1)11-8-4-5-9-12-11;/h4-7,9-11H,1-3H3;1-6,8-9H;/q;-1;. The molecule has 0 spiro atoms. The number of hydrogen-bond donors (Lipinski definition) is 0. The molecule has 4 aromatic rings. The van der Waals surface area contributed by atoms with Crippen molar-refractivity contribution in [1.29, 1.82) is 0 Å². The Morgan fingerprint density at radius 3 is 2.14 bits per heavy atom. The van der Waals surface area contributed by atoms with Crippen molar-refractivity contribution in [3.63, 3.8) is 0 Å². The van der Waals surface area contributed by atoms with E-state index in [1.807, 2.05) is 78.5 Å². The third kappa shape index (κ3) is 6.35. The number of benzene rings is 2. The smallest absolute Gasteiger partial charge is 0.166 e. The molecule has 0 bridgehead atoms. The van der Waals surface area contributed by atoms with Crippen molar-refractivity contribution in [2.75, 3.05) is 0 Å². The summed E-state index contributed by atoms with van der Waals surface area (Å²) in [6.45, 7) is 4.24. The zero-order valence-electron chi connectivity index (χ0n) is 16.8. The third-order valence-corrected chi connectivity index (χ3v) is 4.11. The number of pyridine rings is 1. The predicted octanol–water partition coefficient (Wildman–Crippen LogP) is 5.75. The molecule has 0 saturated carbocycles. The quantitative estimate of drug-likeness (QED) is 0.294. The van der Waals surface area contributed by atoms with Crippen molar-refractivity contribution in [1.82, 2.24) is 14.1 Å². The molecule has 29 heavy (non-hydrogen) atoms. The maximum atomic E-state index is 4.22. The van der Waals surface area contributed by atoms with E-state index in [9.17, 15) is 0 Å². The van der Waals surface area contributed by atoms with Gasteiger partial charge in [0.25, 0.3) is 0 Å². The van der Waals surface area contributed by atoms with E-state index in [-0.39, 0.29) is 20.1 Å². The summed E-state index contributed by atoms with van der Waals surface area (Å²) in [7, 11) is 2.02. The summed E-state index contributed by atoms with van der Waals surface area (Å²) in [5.74, 6) is 0. The summed E-state index contributed by atoms with van der Waals surface area (Å²) in [6.07, 6.45) is 7.94. The Morgan fingerprint density at radius 1 is 0.897 bits per heavy atom. The zero-order valence-corrected chi connectivity index (χ0v) is 19.2. The molecule has 0 aliphatic carbocycles. The molecule has 0 fully saturated rings. The molecule has 2 heterocycles.